The standard InChI is InChI=1S/C15H19NO5/c1-9-3-5-12(7-10(9)2)21-14-8-11(16(19)20)4-6-13(14)15(17)18/h4,6,8-10,12H,3,5,7H2,1-2H3,(H,17,18). The summed E-state index contributed by atoms with van der Waals surface area (Å²) < 4.78 is 5.77. The molecule has 6 heteroatoms. The summed E-state index contributed by atoms with van der Waals surface area (Å²) in [5, 5.41) is 20.0. The van der Waals surface area contributed by atoms with Crippen molar-refractivity contribution in [1.29, 1.82) is 0 Å². The molecule has 3 unspecified atom stereocenters. The summed E-state index contributed by atoms with van der Waals surface area (Å²) in [6.07, 6.45) is 2.61. The van der Waals surface area contributed by atoms with E-state index in [-0.39, 0.29) is 23.1 Å². The highest BCUT2D eigenvalue weighted by atomic mass is 16.6. The Labute approximate surface area is 122 Å². The molecular formula is C15H19NO5. The second-order valence-corrected chi connectivity index (χ2v) is 5.75. The van der Waals surface area contributed by atoms with Crippen LogP contribution in [0.2, 0.25) is 0 Å². The van der Waals surface area contributed by atoms with Gasteiger partial charge in [0.25, 0.3) is 5.69 Å². The SMILES string of the molecule is CC1CCC(Oc2cc([N+](=O)[O-])ccc2C(=O)O)CC1C. The Morgan fingerprint density at radius 3 is 2.62 bits per heavy atom. The van der Waals surface area contributed by atoms with E-state index in [9.17, 15) is 14.9 Å². The van der Waals surface area contributed by atoms with Crippen molar-refractivity contribution in [3.05, 3.63) is 33.9 Å². The van der Waals surface area contributed by atoms with Gasteiger partial charge >= 0.3 is 5.97 Å². The highest BCUT2D eigenvalue weighted by Crippen LogP contribution is 2.33. The van der Waals surface area contributed by atoms with Gasteiger partial charge in [-0.25, -0.2) is 4.79 Å². The summed E-state index contributed by atoms with van der Waals surface area (Å²) in [5.41, 5.74) is -0.195. The van der Waals surface area contributed by atoms with Crippen LogP contribution in [0.25, 0.3) is 0 Å². The van der Waals surface area contributed by atoms with Gasteiger partial charge in [0.05, 0.1) is 17.1 Å². The van der Waals surface area contributed by atoms with Crippen molar-refractivity contribution in [3.8, 4) is 5.75 Å². The van der Waals surface area contributed by atoms with Crippen LogP contribution in [0.4, 0.5) is 5.69 Å². The highest BCUT2D eigenvalue weighted by Gasteiger charge is 2.27. The first-order valence-electron chi connectivity index (χ1n) is 7.07. The Bertz CT molecular complexity index is 557. The first-order valence-corrected chi connectivity index (χ1v) is 7.07. The molecule has 1 aliphatic carbocycles. The van der Waals surface area contributed by atoms with Crippen molar-refractivity contribution in [2.75, 3.05) is 0 Å². The molecule has 1 saturated carbocycles. The fourth-order valence-corrected chi connectivity index (χ4v) is 2.68. The number of nitro benzene ring substituents is 1. The molecule has 0 heterocycles. The number of rotatable bonds is 4. The lowest BCUT2D eigenvalue weighted by Crippen LogP contribution is -2.29. The molecule has 0 bridgehead atoms. The van der Waals surface area contributed by atoms with Crippen LogP contribution in [0.3, 0.4) is 0 Å². The van der Waals surface area contributed by atoms with Crippen molar-refractivity contribution < 1.29 is 19.6 Å². The van der Waals surface area contributed by atoms with Gasteiger partial charge in [-0.15, -0.1) is 0 Å². The van der Waals surface area contributed by atoms with Gasteiger partial charge in [0.1, 0.15) is 11.3 Å². The van der Waals surface area contributed by atoms with Crippen LogP contribution < -0.4 is 4.74 Å². The summed E-state index contributed by atoms with van der Waals surface area (Å²) >= 11 is 0. The summed E-state index contributed by atoms with van der Waals surface area (Å²) in [5.74, 6) is 0.0604. The molecule has 0 amide bonds. The molecule has 0 spiro atoms. The number of nitro groups is 1. The van der Waals surface area contributed by atoms with E-state index < -0.39 is 10.9 Å². The topological polar surface area (TPSA) is 89.7 Å². The van der Waals surface area contributed by atoms with Gasteiger partial charge in [-0.3, -0.25) is 10.1 Å². The van der Waals surface area contributed by atoms with E-state index in [4.69, 9.17) is 9.84 Å². The second-order valence-electron chi connectivity index (χ2n) is 5.75. The van der Waals surface area contributed by atoms with Crippen LogP contribution in [0.5, 0.6) is 5.75 Å². The van der Waals surface area contributed by atoms with Crippen LogP contribution in [0.15, 0.2) is 18.2 Å². The van der Waals surface area contributed by atoms with E-state index in [2.05, 4.69) is 13.8 Å². The van der Waals surface area contributed by atoms with E-state index in [1.165, 1.54) is 18.2 Å². The predicted molar refractivity (Wildman–Crippen MR) is 76.7 cm³/mol. The highest BCUT2D eigenvalue weighted by molar-refractivity contribution is 5.91. The minimum absolute atomic E-state index is 0.0353. The lowest BCUT2D eigenvalue weighted by molar-refractivity contribution is -0.385. The number of ether oxygens (including phenoxy) is 1. The number of nitrogens with zero attached hydrogens (tertiary/aromatic N) is 1. The van der Waals surface area contributed by atoms with E-state index >= 15 is 0 Å². The van der Waals surface area contributed by atoms with Crippen molar-refractivity contribution >= 4 is 11.7 Å². The van der Waals surface area contributed by atoms with Crippen LogP contribution in [-0.4, -0.2) is 22.1 Å². The molecule has 1 aliphatic rings. The monoisotopic (exact) mass is 293 g/mol. The maximum absolute atomic E-state index is 11.2. The van der Waals surface area contributed by atoms with E-state index in [1.54, 1.807) is 0 Å². The third-order valence-corrected chi connectivity index (χ3v) is 4.25. The summed E-state index contributed by atoms with van der Waals surface area (Å²) in [6, 6.07) is 3.61. The maximum Gasteiger partial charge on any atom is 0.339 e. The minimum atomic E-state index is -1.14. The zero-order chi connectivity index (χ0) is 15.6. The summed E-state index contributed by atoms with van der Waals surface area (Å²) in [6.45, 7) is 4.34. The fraction of sp³-hybridized carbons (Fsp3) is 0.533. The van der Waals surface area contributed by atoms with Crippen LogP contribution >= 0.6 is 0 Å². The number of non-ortho nitro benzene ring substituents is 1. The van der Waals surface area contributed by atoms with Gasteiger partial charge in [0.15, 0.2) is 0 Å². The third kappa shape index (κ3) is 3.51. The first kappa shape index (κ1) is 15.3. The largest absolute Gasteiger partial charge is 0.489 e. The molecule has 1 aromatic carbocycles. The molecule has 0 saturated heterocycles. The number of carboxylic acids is 1. The molecule has 0 radical (unpaired) electrons. The smallest absolute Gasteiger partial charge is 0.339 e. The summed E-state index contributed by atoms with van der Waals surface area (Å²) in [4.78, 5) is 21.5. The lowest BCUT2D eigenvalue weighted by atomic mass is 9.80. The van der Waals surface area contributed by atoms with Crippen LogP contribution in [-0.2, 0) is 0 Å². The minimum Gasteiger partial charge on any atom is -0.489 e. The average Bonchev–Trinajstić information content (AvgIpc) is 2.42. The first-order chi connectivity index (χ1) is 9.88. The van der Waals surface area contributed by atoms with Crippen molar-refractivity contribution in [2.24, 2.45) is 11.8 Å². The van der Waals surface area contributed by atoms with Gasteiger partial charge in [-0.1, -0.05) is 13.8 Å². The van der Waals surface area contributed by atoms with Gasteiger partial charge < -0.3 is 9.84 Å². The number of benzene rings is 1. The zero-order valence-corrected chi connectivity index (χ0v) is 12.1. The number of carboxylic acid groups (broad SMARTS) is 1. The van der Waals surface area contributed by atoms with Crippen molar-refractivity contribution in [3.63, 3.8) is 0 Å². The van der Waals surface area contributed by atoms with Crippen molar-refractivity contribution in [1.82, 2.24) is 0 Å². The van der Waals surface area contributed by atoms with Gasteiger partial charge in [-0.05, 0) is 37.2 Å². The van der Waals surface area contributed by atoms with Crippen LogP contribution in [0.1, 0.15) is 43.5 Å². The normalized spacial score (nSPS) is 25.3. The number of hydrogen-bond acceptors (Lipinski definition) is 4. The van der Waals surface area contributed by atoms with Gasteiger partial charge in [-0.2, -0.15) is 0 Å². The van der Waals surface area contributed by atoms with E-state index in [0.29, 0.717) is 11.8 Å². The lowest BCUT2D eigenvalue weighted by Gasteiger charge is -2.32. The van der Waals surface area contributed by atoms with Gasteiger partial charge in [0, 0.05) is 6.07 Å². The molecular weight excluding hydrogens is 274 g/mol. The van der Waals surface area contributed by atoms with E-state index in [0.717, 1.165) is 19.3 Å². The molecule has 114 valence electrons. The maximum atomic E-state index is 11.2. The molecule has 6 nitrogen and oxygen atoms in total. The molecule has 3 atom stereocenters. The fourth-order valence-electron chi connectivity index (χ4n) is 2.68. The number of hydrogen-bond donors (Lipinski definition) is 1. The number of carbonyl (C=O) groups is 1. The molecule has 1 N–H and O–H groups in total. The Hall–Kier alpha value is -2.11. The molecule has 0 aliphatic heterocycles. The molecule has 1 aromatic rings. The Morgan fingerprint density at radius 2 is 2.05 bits per heavy atom. The van der Waals surface area contributed by atoms with Crippen LogP contribution in [0, 0.1) is 22.0 Å². The Balaban J connectivity index is 2.23. The predicted octanol–water partition coefficient (Wildman–Crippen LogP) is 3.50. The number of aromatic carboxylic acids is 1. The second kappa shape index (κ2) is 6.11. The Morgan fingerprint density at radius 1 is 1.33 bits per heavy atom. The zero-order valence-electron chi connectivity index (χ0n) is 12.1. The molecule has 1 fully saturated rings. The average molecular weight is 293 g/mol. The molecule has 0 aromatic heterocycles. The Kier molecular flexibility index (Phi) is 4.45. The van der Waals surface area contributed by atoms with E-state index in [1.807, 2.05) is 0 Å². The molecule has 2 rings (SSSR count). The van der Waals surface area contributed by atoms with Gasteiger partial charge in [0.2, 0.25) is 0 Å². The third-order valence-electron chi connectivity index (χ3n) is 4.25. The summed E-state index contributed by atoms with van der Waals surface area (Å²) in [7, 11) is 0. The molecule has 21 heavy (non-hydrogen) atoms. The van der Waals surface area contributed by atoms with Crippen molar-refractivity contribution in [2.45, 2.75) is 39.2 Å². The quantitative estimate of drug-likeness (QED) is 0.677.